The summed E-state index contributed by atoms with van der Waals surface area (Å²) in [5.74, 6) is 3.42. The van der Waals surface area contributed by atoms with Crippen LogP contribution in [0.2, 0.25) is 0 Å². The molecule has 0 nitrogen and oxygen atoms in total. The van der Waals surface area contributed by atoms with E-state index in [1.807, 2.05) is 0 Å². The topological polar surface area (TPSA) is 0 Å². The molecule has 2 aliphatic carbocycles. The molecule has 1 aromatic carbocycles. The Kier molecular flexibility index (Phi) is 10.5. The summed E-state index contributed by atoms with van der Waals surface area (Å²) in [7, 11) is 0. The van der Waals surface area contributed by atoms with Gasteiger partial charge >= 0.3 is 0 Å². The van der Waals surface area contributed by atoms with E-state index in [4.69, 9.17) is 0 Å². The first-order valence-electron chi connectivity index (χ1n) is 13.1. The molecular formula is C29H45F. The summed E-state index contributed by atoms with van der Waals surface area (Å²) in [6.07, 6.45) is 24.1. The van der Waals surface area contributed by atoms with E-state index in [0.717, 1.165) is 17.8 Å². The van der Waals surface area contributed by atoms with E-state index in [2.05, 4.69) is 43.3 Å². The molecule has 0 saturated heterocycles. The van der Waals surface area contributed by atoms with Crippen molar-refractivity contribution in [2.75, 3.05) is 6.67 Å². The molecule has 2 aliphatic rings. The normalized spacial score (nSPS) is 27.5. The number of unbranched alkanes of at least 4 members (excludes halogenated alkanes) is 4. The van der Waals surface area contributed by atoms with Crippen molar-refractivity contribution < 1.29 is 4.39 Å². The van der Waals surface area contributed by atoms with E-state index >= 15 is 0 Å². The molecule has 0 unspecified atom stereocenters. The zero-order chi connectivity index (χ0) is 21.0. The molecule has 2 saturated carbocycles. The number of alkyl halides is 1. The van der Waals surface area contributed by atoms with Gasteiger partial charge in [-0.05, 0) is 105 Å². The maximum Gasteiger partial charge on any atom is 0.0928 e. The minimum Gasteiger partial charge on any atom is -0.251 e. The number of hydrogen-bond acceptors (Lipinski definition) is 0. The first kappa shape index (κ1) is 23.6. The summed E-state index contributed by atoms with van der Waals surface area (Å²) in [6, 6.07) is 9.67. The average molecular weight is 413 g/mol. The summed E-state index contributed by atoms with van der Waals surface area (Å²) < 4.78 is 12.3. The number of aryl methyl sites for hydroxylation is 1. The SMILES string of the molecule is CCCCCCCc1ccc(C2CCC(C3CCC(/C=C/CCF)CC3)CC2)cc1. The second kappa shape index (κ2) is 13.3. The van der Waals surface area contributed by atoms with Crippen LogP contribution in [0.1, 0.15) is 114 Å². The minimum atomic E-state index is -0.211. The molecule has 0 radical (unpaired) electrons. The Balaban J connectivity index is 1.36. The molecule has 1 heteroatoms. The van der Waals surface area contributed by atoms with Crippen molar-refractivity contribution >= 4 is 0 Å². The number of rotatable bonds is 11. The lowest BCUT2D eigenvalue weighted by Gasteiger charge is -2.37. The van der Waals surface area contributed by atoms with Crippen LogP contribution in [0.25, 0.3) is 0 Å². The third-order valence-electron chi connectivity index (χ3n) is 7.96. The van der Waals surface area contributed by atoms with E-state index in [0.29, 0.717) is 12.3 Å². The van der Waals surface area contributed by atoms with Crippen molar-refractivity contribution in [2.24, 2.45) is 17.8 Å². The lowest BCUT2D eigenvalue weighted by atomic mass is 9.68. The fraction of sp³-hybridized carbons (Fsp3) is 0.724. The number of allylic oxidation sites excluding steroid dienone is 2. The van der Waals surface area contributed by atoms with Crippen LogP contribution < -0.4 is 0 Å². The van der Waals surface area contributed by atoms with E-state index in [9.17, 15) is 4.39 Å². The molecule has 0 atom stereocenters. The molecule has 2 fully saturated rings. The van der Waals surface area contributed by atoms with Gasteiger partial charge in [-0.3, -0.25) is 4.39 Å². The van der Waals surface area contributed by atoms with Gasteiger partial charge in [0.05, 0.1) is 6.67 Å². The Hall–Kier alpha value is -1.11. The predicted molar refractivity (Wildman–Crippen MR) is 129 cm³/mol. The monoisotopic (exact) mass is 412 g/mol. The Morgan fingerprint density at radius 3 is 2.07 bits per heavy atom. The number of hydrogen-bond donors (Lipinski definition) is 0. The van der Waals surface area contributed by atoms with Crippen molar-refractivity contribution in [3.8, 4) is 0 Å². The maximum absolute atomic E-state index is 12.3. The van der Waals surface area contributed by atoms with Gasteiger partial charge < -0.3 is 0 Å². The highest BCUT2D eigenvalue weighted by Crippen LogP contribution is 2.44. The van der Waals surface area contributed by atoms with Crippen LogP contribution in [0.3, 0.4) is 0 Å². The van der Waals surface area contributed by atoms with Crippen LogP contribution in [0, 0.1) is 17.8 Å². The molecule has 0 aliphatic heterocycles. The Morgan fingerprint density at radius 2 is 1.43 bits per heavy atom. The summed E-state index contributed by atoms with van der Waals surface area (Å²) >= 11 is 0. The fourth-order valence-electron chi connectivity index (χ4n) is 5.97. The standard InChI is InChI=1S/C29H45F/c1-2-3-4-5-6-9-24-11-15-26(16-12-24)28-19-21-29(22-20-28)27-17-13-25(14-18-27)10-7-8-23-30/h7,10-12,15-16,25,27-29H,2-6,8-9,13-14,17-23H2,1H3/b10-7+. The van der Waals surface area contributed by atoms with Crippen molar-refractivity contribution in [2.45, 2.75) is 109 Å². The molecule has 168 valence electrons. The summed E-state index contributed by atoms with van der Waals surface area (Å²) in [4.78, 5) is 0. The molecule has 0 aromatic heterocycles. The number of halogens is 1. The van der Waals surface area contributed by atoms with Crippen LogP contribution in [0.5, 0.6) is 0 Å². The molecule has 3 rings (SSSR count). The molecule has 1 aromatic rings. The van der Waals surface area contributed by atoms with Gasteiger partial charge in [0.15, 0.2) is 0 Å². The highest BCUT2D eigenvalue weighted by atomic mass is 19.1. The van der Waals surface area contributed by atoms with Gasteiger partial charge in [-0.2, -0.15) is 0 Å². The summed E-state index contributed by atoms with van der Waals surface area (Å²) in [6.45, 7) is 2.07. The van der Waals surface area contributed by atoms with Gasteiger partial charge in [0.2, 0.25) is 0 Å². The van der Waals surface area contributed by atoms with Crippen LogP contribution in [0.4, 0.5) is 4.39 Å². The Morgan fingerprint density at radius 1 is 0.800 bits per heavy atom. The molecule has 0 heterocycles. The van der Waals surface area contributed by atoms with E-state index in [1.54, 1.807) is 5.56 Å². The van der Waals surface area contributed by atoms with Gasteiger partial charge in [0.1, 0.15) is 0 Å². The zero-order valence-electron chi connectivity index (χ0n) is 19.5. The lowest BCUT2D eigenvalue weighted by Crippen LogP contribution is -2.25. The first-order chi connectivity index (χ1) is 14.8. The van der Waals surface area contributed by atoms with Gasteiger partial charge in [0.25, 0.3) is 0 Å². The smallest absolute Gasteiger partial charge is 0.0928 e. The second-order valence-electron chi connectivity index (χ2n) is 10.1. The van der Waals surface area contributed by atoms with Gasteiger partial charge in [0, 0.05) is 0 Å². The molecule has 0 amide bonds. The van der Waals surface area contributed by atoms with Crippen molar-refractivity contribution in [1.29, 1.82) is 0 Å². The highest BCUT2D eigenvalue weighted by Gasteiger charge is 2.30. The number of benzene rings is 1. The van der Waals surface area contributed by atoms with Crippen LogP contribution in [-0.2, 0) is 6.42 Å². The lowest BCUT2D eigenvalue weighted by molar-refractivity contribution is 0.171. The van der Waals surface area contributed by atoms with Crippen molar-refractivity contribution in [1.82, 2.24) is 0 Å². The van der Waals surface area contributed by atoms with Crippen LogP contribution in [0.15, 0.2) is 36.4 Å². The average Bonchev–Trinajstić information content (AvgIpc) is 2.80. The predicted octanol–water partition coefficient (Wildman–Crippen LogP) is 9.20. The largest absolute Gasteiger partial charge is 0.251 e. The first-order valence-corrected chi connectivity index (χ1v) is 13.1. The molecule has 0 N–H and O–H groups in total. The molecule has 30 heavy (non-hydrogen) atoms. The maximum atomic E-state index is 12.3. The summed E-state index contributed by atoms with van der Waals surface area (Å²) in [5, 5.41) is 0. The third kappa shape index (κ3) is 7.54. The van der Waals surface area contributed by atoms with Crippen molar-refractivity contribution in [3.05, 3.63) is 47.5 Å². The van der Waals surface area contributed by atoms with Gasteiger partial charge in [-0.15, -0.1) is 0 Å². The van der Waals surface area contributed by atoms with E-state index < -0.39 is 0 Å². The van der Waals surface area contributed by atoms with Crippen molar-refractivity contribution in [3.63, 3.8) is 0 Å². The van der Waals surface area contributed by atoms with Gasteiger partial charge in [-0.25, -0.2) is 0 Å². The van der Waals surface area contributed by atoms with E-state index in [1.165, 1.54) is 95.5 Å². The highest BCUT2D eigenvalue weighted by molar-refractivity contribution is 5.26. The molecule has 0 spiro atoms. The summed E-state index contributed by atoms with van der Waals surface area (Å²) in [5.41, 5.74) is 3.12. The third-order valence-corrected chi connectivity index (χ3v) is 7.96. The Bertz CT molecular complexity index is 585. The zero-order valence-corrected chi connectivity index (χ0v) is 19.5. The Labute approximate surface area is 185 Å². The minimum absolute atomic E-state index is 0.211. The van der Waals surface area contributed by atoms with Gasteiger partial charge in [-0.1, -0.05) is 69.0 Å². The van der Waals surface area contributed by atoms with Crippen LogP contribution in [-0.4, -0.2) is 6.67 Å². The van der Waals surface area contributed by atoms with Crippen LogP contribution >= 0.6 is 0 Å². The van der Waals surface area contributed by atoms with E-state index in [-0.39, 0.29) is 6.67 Å². The second-order valence-corrected chi connectivity index (χ2v) is 10.1. The molecular weight excluding hydrogens is 367 g/mol. The fourth-order valence-corrected chi connectivity index (χ4v) is 5.97. The molecule has 0 bridgehead atoms. The quantitative estimate of drug-likeness (QED) is 0.251.